The van der Waals surface area contributed by atoms with Crippen LogP contribution in [0, 0.1) is 0 Å². The van der Waals surface area contributed by atoms with E-state index in [1.54, 1.807) is 6.07 Å². The van der Waals surface area contributed by atoms with Gasteiger partial charge in [0.15, 0.2) is 6.61 Å². The molecule has 0 aromatic heterocycles. The number of esters is 1. The monoisotopic (exact) mass is 379 g/mol. The molecule has 25 heavy (non-hydrogen) atoms. The van der Waals surface area contributed by atoms with E-state index in [0.29, 0.717) is 16.6 Å². The standard InChI is InChI=1S/C19H19Cl2NO3/c1-3-12(2)13-4-7-15(8-5-13)22-18(23)11-25-19(24)16-10-14(20)6-9-17(16)21/h4-10,12H,3,11H2,1-2H3,(H,22,23)/t12-/m0/s1. The SMILES string of the molecule is CC[C@H](C)c1ccc(NC(=O)COC(=O)c2cc(Cl)ccc2Cl)cc1. The van der Waals surface area contributed by atoms with Crippen LogP contribution in [0.15, 0.2) is 42.5 Å². The van der Waals surface area contributed by atoms with Crippen LogP contribution in [0.5, 0.6) is 0 Å². The van der Waals surface area contributed by atoms with Gasteiger partial charge in [-0.1, -0.05) is 49.2 Å². The normalized spacial score (nSPS) is 11.7. The maximum absolute atomic E-state index is 12.0. The molecule has 0 aliphatic carbocycles. The van der Waals surface area contributed by atoms with Crippen molar-refractivity contribution in [3.63, 3.8) is 0 Å². The summed E-state index contributed by atoms with van der Waals surface area (Å²) in [5.41, 5.74) is 1.98. The van der Waals surface area contributed by atoms with Crippen LogP contribution in [0.4, 0.5) is 5.69 Å². The summed E-state index contributed by atoms with van der Waals surface area (Å²) in [6, 6.07) is 12.1. The molecule has 0 aliphatic rings. The Labute approximate surface area is 157 Å². The lowest BCUT2D eigenvalue weighted by Crippen LogP contribution is -2.21. The molecule has 1 N–H and O–H groups in total. The summed E-state index contributed by atoms with van der Waals surface area (Å²) in [5.74, 6) is -0.661. The Bertz CT molecular complexity index is 760. The van der Waals surface area contributed by atoms with Gasteiger partial charge in [0.2, 0.25) is 0 Å². The first-order valence-corrected chi connectivity index (χ1v) is 8.68. The van der Waals surface area contributed by atoms with Gasteiger partial charge < -0.3 is 10.1 Å². The Morgan fingerprint density at radius 1 is 1.12 bits per heavy atom. The first-order valence-electron chi connectivity index (χ1n) is 7.92. The molecular weight excluding hydrogens is 361 g/mol. The molecule has 0 saturated carbocycles. The zero-order valence-electron chi connectivity index (χ0n) is 14.0. The molecule has 132 valence electrons. The first kappa shape index (κ1) is 19.3. The van der Waals surface area contributed by atoms with Gasteiger partial charge in [-0.15, -0.1) is 0 Å². The maximum Gasteiger partial charge on any atom is 0.340 e. The molecule has 2 aromatic rings. The van der Waals surface area contributed by atoms with Gasteiger partial charge >= 0.3 is 5.97 Å². The van der Waals surface area contributed by atoms with E-state index >= 15 is 0 Å². The van der Waals surface area contributed by atoms with E-state index in [1.807, 2.05) is 24.3 Å². The smallest absolute Gasteiger partial charge is 0.340 e. The van der Waals surface area contributed by atoms with E-state index in [0.717, 1.165) is 6.42 Å². The Morgan fingerprint density at radius 3 is 2.44 bits per heavy atom. The van der Waals surface area contributed by atoms with Gasteiger partial charge in [0.1, 0.15) is 0 Å². The van der Waals surface area contributed by atoms with Crippen LogP contribution in [-0.4, -0.2) is 18.5 Å². The highest BCUT2D eigenvalue weighted by molar-refractivity contribution is 6.35. The van der Waals surface area contributed by atoms with Crippen LogP contribution in [0.3, 0.4) is 0 Å². The lowest BCUT2D eigenvalue weighted by Gasteiger charge is -2.11. The van der Waals surface area contributed by atoms with Crippen molar-refractivity contribution < 1.29 is 14.3 Å². The number of benzene rings is 2. The van der Waals surface area contributed by atoms with Crippen LogP contribution < -0.4 is 5.32 Å². The molecule has 2 aromatic carbocycles. The predicted molar refractivity (Wildman–Crippen MR) is 101 cm³/mol. The van der Waals surface area contributed by atoms with Crippen molar-refractivity contribution in [1.29, 1.82) is 0 Å². The van der Waals surface area contributed by atoms with Crippen LogP contribution in [0.1, 0.15) is 42.1 Å². The number of carbonyl (C=O) groups excluding carboxylic acids is 2. The van der Waals surface area contributed by atoms with Crippen molar-refractivity contribution in [2.75, 3.05) is 11.9 Å². The first-order chi connectivity index (χ1) is 11.9. The molecule has 0 saturated heterocycles. The van der Waals surface area contributed by atoms with Gasteiger partial charge in [-0.3, -0.25) is 4.79 Å². The number of hydrogen-bond donors (Lipinski definition) is 1. The third-order valence-corrected chi connectivity index (χ3v) is 4.42. The van der Waals surface area contributed by atoms with E-state index in [1.165, 1.54) is 17.7 Å². The van der Waals surface area contributed by atoms with E-state index < -0.39 is 18.5 Å². The lowest BCUT2D eigenvalue weighted by molar-refractivity contribution is -0.119. The summed E-state index contributed by atoms with van der Waals surface area (Å²) >= 11 is 11.8. The summed E-state index contributed by atoms with van der Waals surface area (Å²) in [6.07, 6.45) is 1.05. The number of nitrogens with one attached hydrogen (secondary N) is 1. The zero-order valence-corrected chi connectivity index (χ0v) is 15.5. The van der Waals surface area contributed by atoms with Crippen molar-refractivity contribution in [2.45, 2.75) is 26.2 Å². The van der Waals surface area contributed by atoms with Crippen molar-refractivity contribution in [3.8, 4) is 0 Å². The number of carbonyl (C=O) groups is 2. The molecule has 0 unspecified atom stereocenters. The number of amides is 1. The number of ether oxygens (including phenoxy) is 1. The second kappa shape index (κ2) is 8.88. The number of rotatable bonds is 6. The summed E-state index contributed by atoms with van der Waals surface area (Å²) < 4.78 is 4.98. The largest absolute Gasteiger partial charge is 0.452 e. The number of anilines is 1. The molecule has 4 nitrogen and oxygen atoms in total. The fraction of sp³-hybridized carbons (Fsp3) is 0.263. The molecule has 0 spiro atoms. The highest BCUT2D eigenvalue weighted by Gasteiger charge is 2.14. The molecule has 1 amide bonds. The van der Waals surface area contributed by atoms with Crippen LogP contribution in [0.2, 0.25) is 10.0 Å². The lowest BCUT2D eigenvalue weighted by atomic mass is 9.99. The van der Waals surface area contributed by atoms with Gasteiger partial charge in [0.05, 0.1) is 10.6 Å². The summed E-state index contributed by atoms with van der Waals surface area (Å²) in [7, 11) is 0. The molecule has 0 fully saturated rings. The average Bonchev–Trinajstić information content (AvgIpc) is 2.61. The topological polar surface area (TPSA) is 55.4 Å². The van der Waals surface area contributed by atoms with E-state index in [9.17, 15) is 9.59 Å². The fourth-order valence-corrected chi connectivity index (χ4v) is 2.56. The van der Waals surface area contributed by atoms with E-state index in [-0.39, 0.29) is 10.6 Å². The minimum absolute atomic E-state index is 0.125. The molecule has 0 bridgehead atoms. The minimum atomic E-state index is -0.699. The third-order valence-electron chi connectivity index (χ3n) is 3.86. The van der Waals surface area contributed by atoms with Crippen molar-refractivity contribution in [3.05, 3.63) is 63.6 Å². The average molecular weight is 380 g/mol. The molecule has 1 atom stereocenters. The van der Waals surface area contributed by atoms with Gasteiger partial charge in [0, 0.05) is 10.7 Å². The predicted octanol–water partition coefficient (Wildman–Crippen LogP) is 5.30. The summed E-state index contributed by atoms with van der Waals surface area (Å²) in [5, 5.41) is 3.26. The molecule has 0 radical (unpaired) electrons. The number of hydrogen-bond acceptors (Lipinski definition) is 3. The molecule has 6 heteroatoms. The summed E-state index contributed by atoms with van der Waals surface area (Å²) in [6.45, 7) is 3.86. The van der Waals surface area contributed by atoms with E-state index in [2.05, 4.69) is 19.2 Å². The van der Waals surface area contributed by atoms with Crippen LogP contribution in [0.25, 0.3) is 0 Å². The molecular formula is C19H19Cl2NO3. The fourth-order valence-electron chi connectivity index (χ4n) is 2.19. The second-order valence-corrected chi connectivity index (χ2v) is 6.52. The maximum atomic E-state index is 12.0. The van der Waals surface area contributed by atoms with Crippen molar-refractivity contribution in [2.24, 2.45) is 0 Å². The Hall–Kier alpha value is -2.04. The van der Waals surface area contributed by atoms with Crippen molar-refractivity contribution in [1.82, 2.24) is 0 Å². The van der Waals surface area contributed by atoms with Gasteiger partial charge in [-0.2, -0.15) is 0 Å². The number of halogens is 2. The highest BCUT2D eigenvalue weighted by Crippen LogP contribution is 2.22. The Morgan fingerprint density at radius 2 is 1.80 bits per heavy atom. The van der Waals surface area contributed by atoms with Crippen molar-refractivity contribution >= 4 is 40.8 Å². The Kier molecular flexibility index (Phi) is 6.85. The van der Waals surface area contributed by atoms with Crippen LogP contribution >= 0.6 is 23.2 Å². The summed E-state index contributed by atoms with van der Waals surface area (Å²) in [4.78, 5) is 23.9. The minimum Gasteiger partial charge on any atom is -0.452 e. The second-order valence-electron chi connectivity index (χ2n) is 5.68. The van der Waals surface area contributed by atoms with Crippen LogP contribution in [-0.2, 0) is 9.53 Å². The third kappa shape index (κ3) is 5.48. The zero-order chi connectivity index (χ0) is 18.4. The van der Waals surface area contributed by atoms with Gasteiger partial charge in [-0.05, 0) is 48.2 Å². The molecule has 0 aliphatic heterocycles. The van der Waals surface area contributed by atoms with Gasteiger partial charge in [-0.25, -0.2) is 4.79 Å². The molecule has 2 rings (SSSR count). The quantitative estimate of drug-likeness (QED) is 0.692. The Balaban J connectivity index is 1.90. The van der Waals surface area contributed by atoms with E-state index in [4.69, 9.17) is 27.9 Å². The highest BCUT2D eigenvalue weighted by atomic mass is 35.5. The van der Waals surface area contributed by atoms with Gasteiger partial charge in [0.25, 0.3) is 5.91 Å². The molecule has 0 heterocycles.